The molecule has 5 heteroatoms. The fourth-order valence-corrected chi connectivity index (χ4v) is 0.822. The first-order chi connectivity index (χ1) is 4.68. The number of hydrogen-bond acceptors (Lipinski definition) is 4. The molecule has 0 rings (SSSR count). The minimum atomic E-state index is -0.881. The molecule has 0 saturated carbocycles. The lowest BCUT2D eigenvalue weighted by Gasteiger charge is -1.80. The summed E-state index contributed by atoms with van der Waals surface area (Å²) >= 11 is 9.21. The second-order valence-corrected chi connectivity index (χ2v) is 3.51. The van der Waals surface area contributed by atoms with Gasteiger partial charge in [-0.25, -0.2) is 0 Å². The van der Waals surface area contributed by atoms with E-state index in [0.717, 1.165) is 5.08 Å². The van der Waals surface area contributed by atoms with Gasteiger partial charge in [0.15, 0.2) is 0 Å². The number of carbonyl (C=O) groups is 1. The van der Waals surface area contributed by atoms with E-state index in [9.17, 15) is 4.79 Å². The predicted octanol–water partition coefficient (Wildman–Crippen LogP) is 1.63. The van der Waals surface area contributed by atoms with Gasteiger partial charge in [-0.1, -0.05) is 6.92 Å². The van der Waals surface area contributed by atoms with Gasteiger partial charge < -0.3 is 5.11 Å². The first kappa shape index (κ1) is 13.1. The average molecular weight is 200 g/mol. The molecular formula is C5H12O2S3. The maximum atomic E-state index is 9.29. The van der Waals surface area contributed by atoms with E-state index in [2.05, 4.69) is 32.2 Å². The highest BCUT2D eigenvalue weighted by molar-refractivity contribution is 8.09. The fraction of sp³-hybridized carbons (Fsp3) is 0.800. The largest absolute Gasteiger partial charge is 0.481 e. The van der Waals surface area contributed by atoms with Crippen molar-refractivity contribution in [3.8, 4) is 0 Å². The lowest BCUT2D eigenvalue weighted by Crippen LogP contribution is -1.92. The lowest BCUT2D eigenvalue weighted by atomic mass is 10.8. The van der Waals surface area contributed by atoms with Crippen LogP contribution in [-0.2, 0) is 4.79 Å². The van der Waals surface area contributed by atoms with Gasteiger partial charge >= 0.3 is 5.97 Å². The molecule has 0 aromatic heterocycles. The summed E-state index contributed by atoms with van der Waals surface area (Å²) in [5, 5.41) is 8.60. The second-order valence-electron chi connectivity index (χ2n) is 1.17. The molecule has 0 amide bonds. The Bertz CT molecular complexity index is 75.3. The van der Waals surface area contributed by atoms with E-state index in [4.69, 9.17) is 5.11 Å². The first-order valence-corrected chi connectivity index (χ1v) is 5.12. The minimum Gasteiger partial charge on any atom is -0.481 e. The Balaban J connectivity index is 0. The summed E-state index contributed by atoms with van der Waals surface area (Å²) < 4.78 is 0. The van der Waals surface area contributed by atoms with Crippen molar-refractivity contribution in [2.24, 2.45) is 0 Å². The van der Waals surface area contributed by atoms with Gasteiger partial charge in [-0.15, -0.1) is 0 Å². The summed E-state index contributed by atoms with van der Waals surface area (Å²) in [4.78, 5) is 9.29. The van der Waals surface area contributed by atoms with Crippen LogP contribution in [0.4, 0.5) is 0 Å². The molecule has 1 N–H and O–H groups in total. The molecular weight excluding hydrogens is 188 g/mol. The van der Waals surface area contributed by atoms with E-state index in [1.54, 1.807) is 0 Å². The van der Waals surface area contributed by atoms with Gasteiger partial charge in [0.1, 0.15) is 0 Å². The molecule has 0 aliphatic carbocycles. The third kappa shape index (κ3) is 23.6. The summed E-state index contributed by atoms with van der Waals surface area (Å²) in [6.07, 6.45) is 0. The number of rotatable bonds is 3. The third-order valence-corrected chi connectivity index (χ3v) is 1.84. The Kier molecular flexibility index (Phi) is 16.1. The van der Waals surface area contributed by atoms with Gasteiger partial charge in [0.2, 0.25) is 0 Å². The van der Waals surface area contributed by atoms with E-state index in [1.165, 1.54) is 5.75 Å². The van der Waals surface area contributed by atoms with E-state index >= 15 is 0 Å². The number of hydrogen-bond donors (Lipinski definition) is 3. The standard InChI is InChI=1S/C3H8S2.C2H4O2S/c1-2-5-3-4;3-2(4)1-5/h4H,2-3H2,1H3;5H,1H2,(H,3,4). The van der Waals surface area contributed by atoms with Crippen molar-refractivity contribution in [3.63, 3.8) is 0 Å². The van der Waals surface area contributed by atoms with Crippen molar-refractivity contribution in [1.29, 1.82) is 0 Å². The number of aliphatic carboxylic acids is 1. The lowest BCUT2D eigenvalue weighted by molar-refractivity contribution is -0.133. The maximum Gasteiger partial charge on any atom is 0.313 e. The van der Waals surface area contributed by atoms with Crippen LogP contribution in [0.3, 0.4) is 0 Å². The third-order valence-electron chi connectivity index (χ3n) is 0.431. The van der Waals surface area contributed by atoms with Crippen molar-refractivity contribution in [2.75, 3.05) is 16.6 Å². The van der Waals surface area contributed by atoms with E-state index in [-0.39, 0.29) is 5.75 Å². The average Bonchev–Trinajstić information content (AvgIpc) is 1.91. The monoisotopic (exact) mass is 200 g/mol. The zero-order valence-electron chi connectivity index (χ0n) is 5.78. The highest BCUT2D eigenvalue weighted by Crippen LogP contribution is 1.97. The molecule has 2 nitrogen and oxygen atoms in total. The van der Waals surface area contributed by atoms with Crippen molar-refractivity contribution >= 4 is 43.0 Å². The Morgan fingerprint density at radius 3 is 2.00 bits per heavy atom. The van der Waals surface area contributed by atoms with Crippen LogP contribution in [0.5, 0.6) is 0 Å². The molecule has 0 atom stereocenters. The van der Waals surface area contributed by atoms with E-state index in [1.807, 2.05) is 11.8 Å². The molecule has 0 radical (unpaired) electrons. The number of carboxylic acid groups (broad SMARTS) is 1. The maximum absolute atomic E-state index is 9.29. The molecule has 0 aromatic rings. The van der Waals surface area contributed by atoms with Crippen molar-refractivity contribution in [2.45, 2.75) is 6.92 Å². The van der Waals surface area contributed by atoms with Crippen LogP contribution < -0.4 is 0 Å². The Morgan fingerprint density at radius 2 is 2.00 bits per heavy atom. The normalized spacial score (nSPS) is 7.90. The molecule has 0 heterocycles. The molecule has 0 aliphatic heterocycles. The van der Waals surface area contributed by atoms with Crippen LogP contribution in [0.1, 0.15) is 6.92 Å². The quantitative estimate of drug-likeness (QED) is 0.479. The van der Waals surface area contributed by atoms with Crippen LogP contribution >= 0.6 is 37.0 Å². The number of thiol groups is 2. The van der Waals surface area contributed by atoms with Gasteiger partial charge in [0, 0.05) is 5.08 Å². The molecule has 0 unspecified atom stereocenters. The predicted molar refractivity (Wildman–Crippen MR) is 53.5 cm³/mol. The summed E-state index contributed by atoms with van der Waals surface area (Å²) in [7, 11) is 0. The van der Waals surface area contributed by atoms with Gasteiger partial charge in [-0.05, 0) is 5.75 Å². The second kappa shape index (κ2) is 12.2. The van der Waals surface area contributed by atoms with E-state index in [0.29, 0.717) is 0 Å². The number of carboxylic acids is 1. The zero-order chi connectivity index (χ0) is 8.41. The summed E-state index contributed by atoms with van der Waals surface area (Å²) in [5.41, 5.74) is 0. The smallest absolute Gasteiger partial charge is 0.313 e. The molecule has 0 aliphatic rings. The zero-order valence-corrected chi connectivity index (χ0v) is 8.38. The van der Waals surface area contributed by atoms with Crippen molar-refractivity contribution < 1.29 is 9.90 Å². The highest BCUT2D eigenvalue weighted by atomic mass is 32.2. The fourth-order valence-electron chi connectivity index (χ4n) is 0.0913. The molecule has 10 heavy (non-hydrogen) atoms. The van der Waals surface area contributed by atoms with Crippen molar-refractivity contribution in [3.05, 3.63) is 0 Å². The van der Waals surface area contributed by atoms with Crippen molar-refractivity contribution in [1.82, 2.24) is 0 Å². The molecule has 0 bridgehead atoms. The van der Waals surface area contributed by atoms with Crippen LogP contribution in [0.25, 0.3) is 0 Å². The van der Waals surface area contributed by atoms with Gasteiger partial charge in [-0.2, -0.15) is 37.0 Å². The molecule has 0 saturated heterocycles. The molecule has 0 fully saturated rings. The van der Waals surface area contributed by atoms with E-state index < -0.39 is 5.97 Å². The SMILES string of the molecule is CCSCS.O=C(O)CS. The number of thioether (sulfide) groups is 1. The summed E-state index contributed by atoms with van der Waals surface area (Å²) in [6, 6.07) is 0. The molecule has 62 valence electrons. The minimum absolute atomic E-state index is 0.0833. The molecule has 0 aromatic carbocycles. The highest BCUT2D eigenvalue weighted by Gasteiger charge is 1.81. The van der Waals surface area contributed by atoms with Crippen LogP contribution in [-0.4, -0.2) is 27.7 Å². The van der Waals surface area contributed by atoms with Gasteiger partial charge in [0.25, 0.3) is 0 Å². The Hall–Kier alpha value is 0.520. The first-order valence-electron chi connectivity index (χ1n) is 2.70. The van der Waals surface area contributed by atoms with Gasteiger partial charge in [0.05, 0.1) is 5.75 Å². The Labute approximate surface area is 76.6 Å². The molecule has 0 spiro atoms. The van der Waals surface area contributed by atoms with Crippen LogP contribution in [0.2, 0.25) is 0 Å². The summed E-state index contributed by atoms with van der Waals surface area (Å²) in [5.74, 6) is 0.220. The Morgan fingerprint density at radius 1 is 1.60 bits per heavy atom. The summed E-state index contributed by atoms with van der Waals surface area (Å²) in [6.45, 7) is 2.13. The topological polar surface area (TPSA) is 37.3 Å². The van der Waals surface area contributed by atoms with Crippen LogP contribution in [0, 0.1) is 0 Å². The van der Waals surface area contributed by atoms with Crippen LogP contribution in [0.15, 0.2) is 0 Å². The van der Waals surface area contributed by atoms with Gasteiger partial charge in [-0.3, -0.25) is 4.79 Å².